The van der Waals surface area contributed by atoms with E-state index in [1.54, 1.807) is 24.5 Å². The summed E-state index contributed by atoms with van der Waals surface area (Å²) in [5.74, 6) is 0. The van der Waals surface area contributed by atoms with Crippen LogP contribution in [0.25, 0.3) is 0 Å². The first kappa shape index (κ1) is 16.7. The summed E-state index contributed by atoms with van der Waals surface area (Å²) < 4.78 is 5.11. The van der Waals surface area contributed by atoms with Crippen molar-refractivity contribution in [3.05, 3.63) is 49.4 Å². The molecule has 2 aromatic rings. The van der Waals surface area contributed by atoms with Gasteiger partial charge in [-0.05, 0) is 31.5 Å². The fraction of sp³-hybridized carbons (Fsp3) is 0.400. The van der Waals surface area contributed by atoms with E-state index in [-0.39, 0.29) is 6.04 Å². The lowest BCUT2D eigenvalue weighted by Gasteiger charge is -2.18. The summed E-state index contributed by atoms with van der Waals surface area (Å²) in [4.78, 5) is 5.87. The van der Waals surface area contributed by atoms with E-state index in [1.165, 1.54) is 4.88 Å². The quantitative estimate of drug-likeness (QED) is 0.789. The Hall–Kier alpha value is -0.650. The number of nitrogens with zero attached hydrogens (tertiary/aromatic N) is 1. The molecule has 1 aromatic heterocycles. The van der Waals surface area contributed by atoms with Crippen molar-refractivity contribution in [1.82, 2.24) is 10.3 Å². The van der Waals surface area contributed by atoms with Crippen LogP contribution in [-0.2, 0) is 4.74 Å². The molecule has 3 nitrogen and oxygen atoms in total. The highest BCUT2D eigenvalue weighted by Crippen LogP contribution is 2.33. The number of rotatable bonds is 6. The second kappa shape index (κ2) is 7.56. The molecule has 1 atom stereocenters. The molecule has 21 heavy (non-hydrogen) atoms. The number of hydrogen-bond donors (Lipinski definition) is 1. The Bertz CT molecular complexity index is 596. The van der Waals surface area contributed by atoms with E-state index < -0.39 is 0 Å². The van der Waals surface area contributed by atoms with Crippen LogP contribution >= 0.6 is 34.5 Å². The van der Waals surface area contributed by atoms with Crippen molar-refractivity contribution in [2.24, 2.45) is 0 Å². The molecule has 6 heteroatoms. The van der Waals surface area contributed by atoms with Crippen LogP contribution in [0.2, 0.25) is 10.0 Å². The Balaban J connectivity index is 2.35. The molecular weight excluding hydrogens is 327 g/mol. The SMILES string of the molecule is COCCNC(c1nc(C)c(C)s1)c1ccc(Cl)cc1Cl. The Morgan fingerprint density at radius 1 is 1.33 bits per heavy atom. The molecule has 0 saturated heterocycles. The van der Waals surface area contributed by atoms with E-state index in [9.17, 15) is 0 Å². The average molecular weight is 345 g/mol. The molecule has 2 rings (SSSR count). The van der Waals surface area contributed by atoms with Crippen molar-refractivity contribution in [1.29, 1.82) is 0 Å². The van der Waals surface area contributed by atoms with Gasteiger partial charge in [-0.15, -0.1) is 11.3 Å². The van der Waals surface area contributed by atoms with E-state index >= 15 is 0 Å². The third-order valence-corrected chi connectivity index (χ3v) is 4.92. The molecule has 0 radical (unpaired) electrons. The zero-order valence-electron chi connectivity index (χ0n) is 12.2. The van der Waals surface area contributed by atoms with Crippen LogP contribution in [0, 0.1) is 13.8 Å². The number of ether oxygens (including phenoxy) is 1. The Morgan fingerprint density at radius 3 is 2.67 bits per heavy atom. The van der Waals surface area contributed by atoms with Crippen LogP contribution in [0.1, 0.15) is 27.2 Å². The zero-order chi connectivity index (χ0) is 15.4. The number of hydrogen-bond acceptors (Lipinski definition) is 4. The largest absolute Gasteiger partial charge is 0.383 e. The predicted molar refractivity (Wildman–Crippen MR) is 89.8 cm³/mol. The van der Waals surface area contributed by atoms with Crippen LogP contribution in [0.15, 0.2) is 18.2 Å². The standard InChI is InChI=1S/C15H18Cl2N2OS/c1-9-10(2)21-15(19-9)14(18-6-7-20-3)12-5-4-11(16)8-13(12)17/h4-5,8,14,18H,6-7H2,1-3H3. The van der Waals surface area contributed by atoms with Crippen molar-refractivity contribution in [2.45, 2.75) is 19.9 Å². The number of thiazole rings is 1. The van der Waals surface area contributed by atoms with Crippen molar-refractivity contribution < 1.29 is 4.74 Å². The monoisotopic (exact) mass is 344 g/mol. The summed E-state index contributed by atoms with van der Waals surface area (Å²) in [6.45, 7) is 5.44. The van der Waals surface area contributed by atoms with Crippen molar-refractivity contribution in [3.8, 4) is 0 Å². The normalized spacial score (nSPS) is 12.6. The smallest absolute Gasteiger partial charge is 0.115 e. The molecule has 0 spiro atoms. The first-order valence-electron chi connectivity index (χ1n) is 6.64. The highest BCUT2D eigenvalue weighted by Gasteiger charge is 2.20. The fourth-order valence-corrected chi connectivity index (χ4v) is 3.53. The predicted octanol–water partition coefficient (Wildman–Crippen LogP) is 4.39. The first-order valence-corrected chi connectivity index (χ1v) is 8.21. The van der Waals surface area contributed by atoms with Crippen LogP contribution in [0.3, 0.4) is 0 Å². The maximum Gasteiger partial charge on any atom is 0.115 e. The van der Waals surface area contributed by atoms with E-state index in [0.29, 0.717) is 16.7 Å². The number of benzene rings is 1. The van der Waals surface area contributed by atoms with Crippen LogP contribution < -0.4 is 5.32 Å². The van der Waals surface area contributed by atoms with E-state index in [4.69, 9.17) is 27.9 Å². The maximum absolute atomic E-state index is 6.35. The maximum atomic E-state index is 6.35. The molecule has 1 unspecified atom stereocenters. The summed E-state index contributed by atoms with van der Waals surface area (Å²) in [7, 11) is 1.68. The van der Waals surface area contributed by atoms with Crippen LogP contribution in [-0.4, -0.2) is 25.2 Å². The van der Waals surface area contributed by atoms with Gasteiger partial charge in [-0.3, -0.25) is 0 Å². The molecule has 0 fully saturated rings. The van der Waals surface area contributed by atoms with E-state index in [2.05, 4.69) is 17.2 Å². The molecule has 0 bridgehead atoms. The number of aromatic nitrogens is 1. The molecule has 0 amide bonds. The first-order chi connectivity index (χ1) is 10.0. The number of methoxy groups -OCH3 is 1. The molecule has 0 saturated carbocycles. The van der Waals surface area contributed by atoms with Gasteiger partial charge in [0.05, 0.1) is 18.3 Å². The highest BCUT2D eigenvalue weighted by atomic mass is 35.5. The Morgan fingerprint density at radius 2 is 2.10 bits per heavy atom. The van der Waals surface area contributed by atoms with Gasteiger partial charge < -0.3 is 10.1 Å². The minimum Gasteiger partial charge on any atom is -0.383 e. The van der Waals surface area contributed by atoms with Gasteiger partial charge in [-0.25, -0.2) is 4.98 Å². The summed E-state index contributed by atoms with van der Waals surface area (Å²) in [6.07, 6.45) is 0. The number of aryl methyl sites for hydroxylation is 2. The minimum absolute atomic E-state index is 0.0534. The van der Waals surface area contributed by atoms with Gasteiger partial charge in [0.1, 0.15) is 5.01 Å². The molecule has 0 aliphatic heterocycles. The van der Waals surface area contributed by atoms with Gasteiger partial charge in [0.25, 0.3) is 0 Å². The average Bonchev–Trinajstić information content (AvgIpc) is 2.76. The lowest BCUT2D eigenvalue weighted by atomic mass is 10.1. The topological polar surface area (TPSA) is 34.1 Å². The second-order valence-electron chi connectivity index (χ2n) is 4.74. The van der Waals surface area contributed by atoms with Crippen molar-refractivity contribution in [3.63, 3.8) is 0 Å². The zero-order valence-corrected chi connectivity index (χ0v) is 14.6. The van der Waals surface area contributed by atoms with Crippen LogP contribution in [0.4, 0.5) is 0 Å². The van der Waals surface area contributed by atoms with Gasteiger partial charge in [0, 0.05) is 28.6 Å². The molecule has 0 aliphatic rings. The molecule has 1 aromatic carbocycles. The molecule has 0 aliphatic carbocycles. The number of halogens is 2. The van der Waals surface area contributed by atoms with Gasteiger partial charge in [0.15, 0.2) is 0 Å². The third-order valence-electron chi connectivity index (χ3n) is 3.22. The summed E-state index contributed by atoms with van der Waals surface area (Å²) in [5, 5.41) is 5.73. The van der Waals surface area contributed by atoms with E-state index in [1.807, 2.05) is 19.1 Å². The minimum atomic E-state index is -0.0534. The van der Waals surface area contributed by atoms with Crippen molar-refractivity contribution >= 4 is 34.5 Å². The van der Waals surface area contributed by atoms with Crippen molar-refractivity contribution in [2.75, 3.05) is 20.3 Å². The molecule has 1 heterocycles. The Labute approximate surface area is 139 Å². The molecule has 1 N–H and O–H groups in total. The third kappa shape index (κ3) is 4.18. The second-order valence-corrected chi connectivity index (χ2v) is 6.82. The van der Waals surface area contributed by atoms with Gasteiger partial charge in [-0.1, -0.05) is 29.3 Å². The fourth-order valence-electron chi connectivity index (χ4n) is 1.99. The lowest BCUT2D eigenvalue weighted by molar-refractivity contribution is 0.197. The molecule has 114 valence electrons. The highest BCUT2D eigenvalue weighted by molar-refractivity contribution is 7.11. The van der Waals surface area contributed by atoms with Gasteiger partial charge in [-0.2, -0.15) is 0 Å². The summed E-state index contributed by atoms with van der Waals surface area (Å²) in [6, 6.07) is 5.50. The number of nitrogens with one attached hydrogen (secondary N) is 1. The van der Waals surface area contributed by atoms with Gasteiger partial charge in [0.2, 0.25) is 0 Å². The lowest BCUT2D eigenvalue weighted by Crippen LogP contribution is -2.26. The van der Waals surface area contributed by atoms with Crippen LogP contribution in [0.5, 0.6) is 0 Å². The Kier molecular flexibility index (Phi) is 6.02. The summed E-state index contributed by atoms with van der Waals surface area (Å²) in [5.41, 5.74) is 2.03. The van der Waals surface area contributed by atoms with Gasteiger partial charge >= 0.3 is 0 Å². The summed E-state index contributed by atoms with van der Waals surface area (Å²) >= 11 is 14.0. The molecular formula is C15H18Cl2N2OS. The van der Waals surface area contributed by atoms with E-state index in [0.717, 1.165) is 22.8 Å².